The van der Waals surface area contributed by atoms with E-state index < -0.39 is 0 Å². The molecule has 1 fully saturated rings. The van der Waals surface area contributed by atoms with Crippen LogP contribution in [-0.4, -0.2) is 57.9 Å². The molecule has 4 aromatic rings. The summed E-state index contributed by atoms with van der Waals surface area (Å²) in [7, 11) is 0. The van der Waals surface area contributed by atoms with E-state index >= 15 is 0 Å². The van der Waals surface area contributed by atoms with Gasteiger partial charge in [-0.05, 0) is 48.5 Å². The lowest BCUT2D eigenvalue weighted by molar-refractivity contribution is 0.0518. The van der Waals surface area contributed by atoms with Gasteiger partial charge in [-0.25, -0.2) is 0 Å². The molecule has 2 aromatic heterocycles. The lowest BCUT2D eigenvalue weighted by atomic mass is 10.1. The smallest absolute Gasteiger partial charge is 0.289 e. The molecule has 0 saturated carbocycles. The molecule has 1 aliphatic heterocycles. The average Bonchev–Trinajstić information content (AvgIpc) is 3.57. The number of carbonyl (C=O) groups is 2. The highest BCUT2D eigenvalue weighted by Gasteiger charge is 2.28. The van der Waals surface area contributed by atoms with Crippen molar-refractivity contribution in [3.8, 4) is 22.8 Å². The first-order chi connectivity index (χ1) is 16.1. The normalized spacial score (nSPS) is 13.8. The van der Waals surface area contributed by atoms with E-state index in [1.165, 1.54) is 6.26 Å². The zero-order chi connectivity index (χ0) is 22.8. The van der Waals surface area contributed by atoms with Crippen LogP contribution in [-0.2, 0) is 0 Å². The maximum absolute atomic E-state index is 13.3. The standard InChI is InChI=1S/C24H19ClN4O4/c25-17-9-7-16(8-10-17)21-26-22(33-27-21)18-4-1-2-5-19(18)23(30)28-11-13-29(14-12-28)24(31)20-6-3-15-32-20/h1-10,15H,11-14H2. The molecule has 0 radical (unpaired) electrons. The van der Waals surface area contributed by atoms with Gasteiger partial charge in [0, 0.05) is 36.8 Å². The summed E-state index contributed by atoms with van der Waals surface area (Å²) in [5.74, 6) is 0.646. The van der Waals surface area contributed by atoms with Crippen molar-refractivity contribution in [3.05, 3.63) is 83.3 Å². The molecule has 1 aliphatic rings. The minimum absolute atomic E-state index is 0.151. The van der Waals surface area contributed by atoms with Gasteiger partial charge in [0.2, 0.25) is 5.82 Å². The molecule has 0 spiro atoms. The van der Waals surface area contributed by atoms with Crippen LogP contribution in [0.25, 0.3) is 22.8 Å². The predicted molar refractivity (Wildman–Crippen MR) is 121 cm³/mol. The van der Waals surface area contributed by atoms with Gasteiger partial charge in [0.05, 0.1) is 17.4 Å². The molecular formula is C24H19ClN4O4. The number of furan rings is 1. The first-order valence-electron chi connectivity index (χ1n) is 10.4. The Kier molecular flexibility index (Phi) is 5.66. The lowest BCUT2D eigenvalue weighted by Gasteiger charge is -2.34. The summed E-state index contributed by atoms with van der Waals surface area (Å²) >= 11 is 5.95. The fourth-order valence-electron chi connectivity index (χ4n) is 3.74. The average molecular weight is 463 g/mol. The van der Waals surface area contributed by atoms with Gasteiger partial charge < -0.3 is 18.7 Å². The second-order valence-corrected chi connectivity index (χ2v) is 7.97. The van der Waals surface area contributed by atoms with Crippen LogP contribution in [0.2, 0.25) is 5.02 Å². The number of carbonyl (C=O) groups excluding carboxylic acids is 2. The molecule has 33 heavy (non-hydrogen) atoms. The minimum atomic E-state index is -0.173. The molecule has 8 nitrogen and oxygen atoms in total. The third-order valence-electron chi connectivity index (χ3n) is 5.50. The Hall–Kier alpha value is -3.91. The number of piperazine rings is 1. The first kappa shape index (κ1) is 21.0. The fourth-order valence-corrected chi connectivity index (χ4v) is 3.87. The lowest BCUT2D eigenvalue weighted by Crippen LogP contribution is -2.50. The van der Waals surface area contributed by atoms with Crippen LogP contribution < -0.4 is 0 Å². The number of benzene rings is 2. The molecule has 0 bridgehead atoms. The minimum Gasteiger partial charge on any atom is -0.459 e. The molecular weight excluding hydrogens is 444 g/mol. The van der Waals surface area contributed by atoms with Crippen LogP contribution in [0.4, 0.5) is 0 Å². The van der Waals surface area contributed by atoms with Crippen molar-refractivity contribution >= 4 is 23.4 Å². The molecule has 0 aliphatic carbocycles. The highest BCUT2D eigenvalue weighted by atomic mass is 35.5. The van der Waals surface area contributed by atoms with Gasteiger partial charge in [0.1, 0.15) is 0 Å². The van der Waals surface area contributed by atoms with Gasteiger partial charge in [-0.15, -0.1) is 0 Å². The zero-order valence-electron chi connectivity index (χ0n) is 17.5. The topological polar surface area (TPSA) is 92.7 Å². The molecule has 166 valence electrons. The second-order valence-electron chi connectivity index (χ2n) is 7.54. The largest absolute Gasteiger partial charge is 0.459 e. The summed E-state index contributed by atoms with van der Waals surface area (Å²) in [6.45, 7) is 1.68. The molecule has 9 heteroatoms. The Morgan fingerprint density at radius 2 is 1.55 bits per heavy atom. The van der Waals surface area contributed by atoms with E-state index in [1.54, 1.807) is 64.4 Å². The third-order valence-corrected chi connectivity index (χ3v) is 5.75. The van der Waals surface area contributed by atoms with E-state index in [-0.39, 0.29) is 17.7 Å². The quantitative estimate of drug-likeness (QED) is 0.450. The van der Waals surface area contributed by atoms with Gasteiger partial charge in [0.25, 0.3) is 17.7 Å². The monoisotopic (exact) mass is 462 g/mol. The number of aromatic nitrogens is 2. The summed E-state index contributed by atoms with van der Waals surface area (Å²) in [6, 6.07) is 17.6. The van der Waals surface area contributed by atoms with Crippen LogP contribution >= 0.6 is 11.6 Å². The van der Waals surface area contributed by atoms with Gasteiger partial charge in [-0.2, -0.15) is 4.98 Å². The number of hydrogen-bond acceptors (Lipinski definition) is 6. The van der Waals surface area contributed by atoms with E-state index in [0.29, 0.717) is 53.9 Å². The summed E-state index contributed by atoms with van der Waals surface area (Å²) in [6.07, 6.45) is 1.47. The Balaban J connectivity index is 1.33. The number of rotatable bonds is 4. The van der Waals surface area contributed by atoms with Crippen molar-refractivity contribution in [2.45, 2.75) is 0 Å². The molecule has 0 atom stereocenters. The summed E-state index contributed by atoms with van der Waals surface area (Å²) < 4.78 is 10.7. The number of halogens is 1. The molecule has 1 saturated heterocycles. The van der Waals surface area contributed by atoms with E-state index in [9.17, 15) is 9.59 Å². The Morgan fingerprint density at radius 1 is 0.848 bits per heavy atom. The van der Waals surface area contributed by atoms with Crippen LogP contribution in [0, 0.1) is 0 Å². The van der Waals surface area contributed by atoms with Gasteiger partial charge >= 0.3 is 0 Å². The molecule has 0 N–H and O–H groups in total. The van der Waals surface area contributed by atoms with E-state index in [1.807, 2.05) is 6.07 Å². The highest BCUT2D eigenvalue weighted by Crippen LogP contribution is 2.27. The van der Waals surface area contributed by atoms with E-state index in [2.05, 4.69) is 10.1 Å². The third kappa shape index (κ3) is 4.25. The second kappa shape index (κ2) is 8.91. The van der Waals surface area contributed by atoms with Crippen molar-refractivity contribution in [2.75, 3.05) is 26.2 Å². The van der Waals surface area contributed by atoms with Crippen molar-refractivity contribution < 1.29 is 18.5 Å². The van der Waals surface area contributed by atoms with Crippen LogP contribution in [0.5, 0.6) is 0 Å². The van der Waals surface area contributed by atoms with Crippen LogP contribution in [0.3, 0.4) is 0 Å². The SMILES string of the molecule is O=C(c1ccco1)N1CCN(C(=O)c2ccccc2-c2nc(-c3ccc(Cl)cc3)no2)CC1. The Morgan fingerprint density at radius 3 is 2.24 bits per heavy atom. The van der Waals surface area contributed by atoms with Gasteiger partial charge in [0.15, 0.2) is 5.76 Å². The Labute approximate surface area is 194 Å². The van der Waals surface area contributed by atoms with Crippen molar-refractivity contribution in [1.29, 1.82) is 0 Å². The summed E-state index contributed by atoms with van der Waals surface area (Å²) in [4.78, 5) is 33.7. The van der Waals surface area contributed by atoms with Crippen molar-refractivity contribution in [3.63, 3.8) is 0 Å². The zero-order valence-corrected chi connectivity index (χ0v) is 18.2. The van der Waals surface area contributed by atoms with E-state index in [0.717, 1.165) is 5.56 Å². The van der Waals surface area contributed by atoms with Crippen LogP contribution in [0.15, 0.2) is 75.9 Å². The molecule has 5 rings (SSSR count). The molecule has 2 amide bonds. The van der Waals surface area contributed by atoms with Gasteiger partial charge in [-0.1, -0.05) is 28.9 Å². The van der Waals surface area contributed by atoms with Crippen LogP contribution in [0.1, 0.15) is 20.9 Å². The Bertz CT molecular complexity index is 1280. The predicted octanol–water partition coefficient (Wildman–Crippen LogP) is 4.25. The molecule has 2 aromatic carbocycles. The van der Waals surface area contributed by atoms with Gasteiger partial charge in [-0.3, -0.25) is 9.59 Å². The number of amides is 2. The highest BCUT2D eigenvalue weighted by molar-refractivity contribution is 6.30. The first-order valence-corrected chi connectivity index (χ1v) is 10.8. The maximum atomic E-state index is 13.3. The van der Waals surface area contributed by atoms with E-state index in [4.69, 9.17) is 20.5 Å². The molecule has 0 unspecified atom stereocenters. The summed E-state index contributed by atoms with van der Waals surface area (Å²) in [5.41, 5.74) is 1.79. The summed E-state index contributed by atoms with van der Waals surface area (Å²) in [5, 5.41) is 4.67. The van der Waals surface area contributed by atoms with Crippen molar-refractivity contribution in [2.24, 2.45) is 0 Å². The maximum Gasteiger partial charge on any atom is 0.289 e. The molecule has 3 heterocycles. The number of hydrogen-bond donors (Lipinski definition) is 0. The number of nitrogens with zero attached hydrogens (tertiary/aromatic N) is 4. The fraction of sp³-hybridized carbons (Fsp3) is 0.167. The van der Waals surface area contributed by atoms with Crippen molar-refractivity contribution in [1.82, 2.24) is 19.9 Å².